The first-order valence-electron chi connectivity index (χ1n) is 6.65. The Bertz CT molecular complexity index is 589. The van der Waals surface area contributed by atoms with Gasteiger partial charge < -0.3 is 10.0 Å². The summed E-state index contributed by atoms with van der Waals surface area (Å²) < 4.78 is 0. The molecule has 0 fully saturated rings. The van der Waals surface area contributed by atoms with Gasteiger partial charge in [0, 0.05) is 12.7 Å². The van der Waals surface area contributed by atoms with E-state index in [0.717, 1.165) is 25.1 Å². The van der Waals surface area contributed by atoms with Crippen molar-refractivity contribution in [1.82, 2.24) is 0 Å². The molecule has 0 saturated heterocycles. The van der Waals surface area contributed by atoms with Crippen LogP contribution in [0.3, 0.4) is 0 Å². The first-order chi connectivity index (χ1) is 9.34. The van der Waals surface area contributed by atoms with E-state index < -0.39 is 0 Å². The van der Waals surface area contributed by atoms with Gasteiger partial charge in [0.25, 0.3) is 0 Å². The number of phenolic OH excluding ortho intramolecular Hbond substituents is 1. The highest BCUT2D eigenvalue weighted by Gasteiger charge is 2.17. The standard InChI is InChI=1S/C17H17NO/c19-16-10-4-8-15-9-5-12-18(17(15)16)13-11-14-6-2-1-3-7-14/h1-4,6-8,10-11,13,19H,5,9,12H2. The van der Waals surface area contributed by atoms with Gasteiger partial charge in [0.15, 0.2) is 0 Å². The lowest BCUT2D eigenvalue weighted by molar-refractivity contribution is 0.473. The lowest BCUT2D eigenvalue weighted by Crippen LogP contribution is -2.23. The van der Waals surface area contributed by atoms with Gasteiger partial charge in [-0.15, -0.1) is 0 Å². The fourth-order valence-corrected chi connectivity index (χ4v) is 2.55. The summed E-state index contributed by atoms with van der Waals surface area (Å²) in [5.41, 5.74) is 3.36. The van der Waals surface area contributed by atoms with E-state index >= 15 is 0 Å². The number of hydrogen-bond acceptors (Lipinski definition) is 2. The molecular formula is C17H17NO. The fourth-order valence-electron chi connectivity index (χ4n) is 2.55. The van der Waals surface area contributed by atoms with Gasteiger partial charge in [-0.25, -0.2) is 0 Å². The molecule has 2 aromatic rings. The Labute approximate surface area is 113 Å². The topological polar surface area (TPSA) is 23.5 Å². The van der Waals surface area contributed by atoms with E-state index in [-0.39, 0.29) is 0 Å². The van der Waals surface area contributed by atoms with Crippen LogP contribution in [-0.4, -0.2) is 11.7 Å². The highest BCUT2D eigenvalue weighted by molar-refractivity contribution is 5.68. The number of aromatic hydroxyl groups is 1. The van der Waals surface area contributed by atoms with Gasteiger partial charge in [-0.2, -0.15) is 0 Å². The van der Waals surface area contributed by atoms with E-state index in [1.165, 1.54) is 11.1 Å². The predicted molar refractivity (Wildman–Crippen MR) is 79.2 cm³/mol. The third-order valence-electron chi connectivity index (χ3n) is 3.48. The minimum absolute atomic E-state index is 0.370. The number of anilines is 1. The first-order valence-corrected chi connectivity index (χ1v) is 6.65. The number of aryl methyl sites for hydroxylation is 1. The third-order valence-corrected chi connectivity index (χ3v) is 3.48. The van der Waals surface area contributed by atoms with E-state index in [4.69, 9.17) is 0 Å². The Morgan fingerprint density at radius 3 is 2.68 bits per heavy atom. The Kier molecular flexibility index (Phi) is 3.23. The average molecular weight is 251 g/mol. The zero-order valence-corrected chi connectivity index (χ0v) is 10.8. The molecule has 1 N–H and O–H groups in total. The molecule has 2 aromatic carbocycles. The van der Waals surface area contributed by atoms with Crippen LogP contribution < -0.4 is 4.90 Å². The van der Waals surface area contributed by atoms with Crippen molar-refractivity contribution in [3.05, 3.63) is 65.9 Å². The average Bonchev–Trinajstić information content (AvgIpc) is 2.46. The van der Waals surface area contributed by atoms with E-state index in [1.807, 2.05) is 24.3 Å². The minimum atomic E-state index is 0.370. The van der Waals surface area contributed by atoms with Gasteiger partial charge in [-0.3, -0.25) is 0 Å². The van der Waals surface area contributed by atoms with Gasteiger partial charge in [0.1, 0.15) is 5.75 Å². The Balaban J connectivity index is 1.90. The highest BCUT2D eigenvalue weighted by atomic mass is 16.3. The first kappa shape index (κ1) is 11.8. The van der Waals surface area contributed by atoms with Crippen molar-refractivity contribution in [3.63, 3.8) is 0 Å². The van der Waals surface area contributed by atoms with Gasteiger partial charge in [-0.05, 0) is 36.1 Å². The number of phenols is 1. The van der Waals surface area contributed by atoms with Crippen molar-refractivity contribution >= 4 is 11.8 Å². The summed E-state index contributed by atoms with van der Waals surface area (Å²) in [5.74, 6) is 0.370. The predicted octanol–water partition coefficient (Wildman–Crippen LogP) is 3.82. The largest absolute Gasteiger partial charge is 0.506 e. The van der Waals surface area contributed by atoms with Crippen molar-refractivity contribution in [1.29, 1.82) is 0 Å². The molecule has 1 aliphatic rings. The molecule has 0 atom stereocenters. The molecule has 0 amide bonds. The second-order valence-corrected chi connectivity index (χ2v) is 4.81. The van der Waals surface area contributed by atoms with Crippen molar-refractivity contribution in [2.24, 2.45) is 0 Å². The van der Waals surface area contributed by atoms with E-state index in [9.17, 15) is 5.11 Å². The molecule has 96 valence electrons. The van der Waals surface area contributed by atoms with Crippen LogP contribution in [0.4, 0.5) is 5.69 Å². The molecule has 2 heteroatoms. The number of nitrogens with zero attached hydrogens (tertiary/aromatic N) is 1. The number of fused-ring (bicyclic) bond motifs is 1. The zero-order chi connectivity index (χ0) is 13.1. The molecule has 1 heterocycles. The molecule has 0 bridgehead atoms. The smallest absolute Gasteiger partial charge is 0.139 e. The van der Waals surface area contributed by atoms with Crippen LogP contribution in [0.15, 0.2) is 54.7 Å². The Morgan fingerprint density at radius 1 is 1.00 bits per heavy atom. The van der Waals surface area contributed by atoms with E-state index in [0.29, 0.717) is 5.75 Å². The molecule has 0 aliphatic carbocycles. The second-order valence-electron chi connectivity index (χ2n) is 4.81. The van der Waals surface area contributed by atoms with Crippen molar-refractivity contribution in [3.8, 4) is 5.75 Å². The number of benzene rings is 2. The van der Waals surface area contributed by atoms with Gasteiger partial charge >= 0.3 is 0 Å². The summed E-state index contributed by atoms with van der Waals surface area (Å²) in [6.45, 7) is 0.952. The maximum Gasteiger partial charge on any atom is 0.139 e. The van der Waals surface area contributed by atoms with Gasteiger partial charge in [0.2, 0.25) is 0 Å². The molecule has 0 radical (unpaired) electrons. The molecular weight excluding hydrogens is 234 g/mol. The van der Waals surface area contributed by atoms with Crippen LogP contribution in [0.2, 0.25) is 0 Å². The monoisotopic (exact) mass is 251 g/mol. The molecule has 3 rings (SSSR count). The number of para-hydroxylation sites is 1. The SMILES string of the molecule is Oc1cccc2c1N(C=Cc1ccccc1)CCC2. The minimum Gasteiger partial charge on any atom is -0.506 e. The molecule has 2 nitrogen and oxygen atoms in total. The Morgan fingerprint density at radius 2 is 1.84 bits per heavy atom. The summed E-state index contributed by atoms with van der Waals surface area (Å²) in [4.78, 5) is 2.14. The molecule has 0 unspecified atom stereocenters. The fraction of sp³-hybridized carbons (Fsp3) is 0.176. The lowest BCUT2D eigenvalue weighted by Gasteiger charge is -2.28. The van der Waals surface area contributed by atoms with Crippen molar-refractivity contribution in [2.75, 3.05) is 11.4 Å². The molecule has 1 aliphatic heterocycles. The molecule has 0 saturated carbocycles. The van der Waals surface area contributed by atoms with Crippen molar-refractivity contribution in [2.45, 2.75) is 12.8 Å². The number of rotatable bonds is 2. The van der Waals surface area contributed by atoms with Crippen LogP contribution in [-0.2, 0) is 6.42 Å². The van der Waals surface area contributed by atoms with Crippen LogP contribution in [0.25, 0.3) is 6.08 Å². The maximum absolute atomic E-state index is 10.0. The lowest BCUT2D eigenvalue weighted by atomic mass is 10.0. The summed E-state index contributed by atoms with van der Waals surface area (Å²) in [6, 6.07) is 16.0. The summed E-state index contributed by atoms with van der Waals surface area (Å²) >= 11 is 0. The Hall–Kier alpha value is -2.22. The summed E-state index contributed by atoms with van der Waals surface area (Å²) in [5, 5.41) is 10.0. The van der Waals surface area contributed by atoms with Crippen molar-refractivity contribution < 1.29 is 5.11 Å². The highest BCUT2D eigenvalue weighted by Crippen LogP contribution is 2.35. The van der Waals surface area contributed by atoms with E-state index in [2.05, 4.69) is 35.4 Å². The number of hydrogen-bond donors (Lipinski definition) is 1. The van der Waals surface area contributed by atoms with Crippen LogP contribution >= 0.6 is 0 Å². The summed E-state index contributed by atoms with van der Waals surface area (Å²) in [6.07, 6.45) is 6.31. The van der Waals surface area contributed by atoms with Crippen LogP contribution in [0.5, 0.6) is 5.75 Å². The molecule has 0 spiro atoms. The maximum atomic E-state index is 10.0. The normalized spacial score (nSPS) is 14.6. The van der Waals surface area contributed by atoms with Crippen LogP contribution in [0.1, 0.15) is 17.5 Å². The summed E-state index contributed by atoms with van der Waals surface area (Å²) in [7, 11) is 0. The van der Waals surface area contributed by atoms with E-state index in [1.54, 1.807) is 6.07 Å². The van der Waals surface area contributed by atoms with Gasteiger partial charge in [-0.1, -0.05) is 42.5 Å². The third kappa shape index (κ3) is 2.48. The quantitative estimate of drug-likeness (QED) is 0.877. The zero-order valence-electron chi connectivity index (χ0n) is 10.8. The van der Waals surface area contributed by atoms with Crippen LogP contribution in [0, 0.1) is 0 Å². The van der Waals surface area contributed by atoms with Gasteiger partial charge in [0.05, 0.1) is 5.69 Å². The second kappa shape index (κ2) is 5.19. The molecule has 0 aromatic heterocycles. The molecule has 19 heavy (non-hydrogen) atoms.